The first-order valence-electron chi connectivity index (χ1n) is 7.05. The molecule has 1 N–H and O–H groups in total. The summed E-state index contributed by atoms with van der Waals surface area (Å²) >= 11 is 0. The summed E-state index contributed by atoms with van der Waals surface area (Å²) in [6, 6.07) is 0. The number of nitrogens with one attached hydrogen (secondary N) is 1. The van der Waals surface area contributed by atoms with Gasteiger partial charge in [-0.15, -0.1) is 0 Å². The van der Waals surface area contributed by atoms with Gasteiger partial charge < -0.3 is 10.2 Å². The Morgan fingerprint density at radius 3 is 2.25 bits per heavy atom. The van der Waals surface area contributed by atoms with Crippen LogP contribution in [0.25, 0.3) is 0 Å². The lowest BCUT2D eigenvalue weighted by atomic mass is 9.81. The SMILES string of the molecule is CCNCC(CC)(CC)CN(C)CC1CC1. The van der Waals surface area contributed by atoms with Gasteiger partial charge in [0.25, 0.3) is 0 Å². The van der Waals surface area contributed by atoms with Gasteiger partial charge in [0.05, 0.1) is 0 Å². The molecule has 0 radical (unpaired) electrons. The first kappa shape index (κ1) is 14.0. The molecular weight excluding hydrogens is 196 g/mol. The summed E-state index contributed by atoms with van der Waals surface area (Å²) in [7, 11) is 2.30. The van der Waals surface area contributed by atoms with E-state index in [1.54, 1.807) is 0 Å². The van der Waals surface area contributed by atoms with E-state index in [4.69, 9.17) is 0 Å². The molecule has 0 aliphatic heterocycles. The zero-order valence-electron chi connectivity index (χ0n) is 11.7. The van der Waals surface area contributed by atoms with E-state index in [2.05, 4.69) is 38.0 Å². The Kier molecular flexibility index (Phi) is 5.77. The zero-order chi connectivity index (χ0) is 12.0. The molecule has 0 saturated heterocycles. The van der Waals surface area contributed by atoms with Gasteiger partial charge in [-0.2, -0.15) is 0 Å². The van der Waals surface area contributed by atoms with Crippen LogP contribution in [0.5, 0.6) is 0 Å². The predicted molar refractivity (Wildman–Crippen MR) is 71.8 cm³/mol. The van der Waals surface area contributed by atoms with E-state index in [9.17, 15) is 0 Å². The van der Waals surface area contributed by atoms with Gasteiger partial charge in [-0.25, -0.2) is 0 Å². The molecule has 0 spiro atoms. The molecule has 1 aliphatic rings. The van der Waals surface area contributed by atoms with Crippen LogP contribution in [-0.2, 0) is 0 Å². The molecule has 0 aromatic rings. The standard InChI is InChI=1S/C14H30N2/c1-5-14(6-2,11-15-7-3)12-16(4)10-13-8-9-13/h13,15H,5-12H2,1-4H3. The van der Waals surface area contributed by atoms with Crippen LogP contribution in [0.4, 0.5) is 0 Å². The van der Waals surface area contributed by atoms with Crippen LogP contribution in [0.15, 0.2) is 0 Å². The third-order valence-corrected chi connectivity index (χ3v) is 4.12. The molecule has 0 bridgehead atoms. The fourth-order valence-electron chi connectivity index (χ4n) is 2.55. The highest BCUT2D eigenvalue weighted by Gasteiger charge is 2.29. The fourth-order valence-corrected chi connectivity index (χ4v) is 2.55. The van der Waals surface area contributed by atoms with Crippen LogP contribution in [0, 0.1) is 11.3 Å². The van der Waals surface area contributed by atoms with E-state index < -0.39 is 0 Å². The second kappa shape index (κ2) is 6.61. The predicted octanol–water partition coefficient (Wildman–Crippen LogP) is 2.74. The average molecular weight is 226 g/mol. The van der Waals surface area contributed by atoms with Crippen molar-refractivity contribution in [3.8, 4) is 0 Å². The average Bonchev–Trinajstić information content (AvgIpc) is 3.08. The lowest BCUT2D eigenvalue weighted by Crippen LogP contribution is -2.42. The monoisotopic (exact) mass is 226 g/mol. The van der Waals surface area contributed by atoms with Crippen molar-refractivity contribution in [2.24, 2.45) is 11.3 Å². The minimum atomic E-state index is 0.486. The Morgan fingerprint density at radius 2 is 1.81 bits per heavy atom. The minimum Gasteiger partial charge on any atom is -0.316 e. The highest BCUT2D eigenvalue weighted by atomic mass is 15.1. The summed E-state index contributed by atoms with van der Waals surface area (Å²) in [5.41, 5.74) is 0.486. The van der Waals surface area contributed by atoms with Gasteiger partial charge in [0.1, 0.15) is 0 Å². The molecular formula is C14H30N2. The maximum Gasteiger partial charge on any atom is 0.00470 e. The summed E-state index contributed by atoms with van der Waals surface area (Å²) in [6.07, 6.45) is 5.49. The van der Waals surface area contributed by atoms with Crippen molar-refractivity contribution in [3.63, 3.8) is 0 Å². The largest absolute Gasteiger partial charge is 0.316 e. The Bertz CT molecular complexity index is 183. The van der Waals surface area contributed by atoms with Crippen molar-refractivity contribution in [3.05, 3.63) is 0 Å². The molecule has 16 heavy (non-hydrogen) atoms. The second-order valence-electron chi connectivity index (χ2n) is 5.63. The highest BCUT2D eigenvalue weighted by molar-refractivity contribution is 4.84. The van der Waals surface area contributed by atoms with Gasteiger partial charge >= 0.3 is 0 Å². The van der Waals surface area contributed by atoms with Crippen LogP contribution in [0.3, 0.4) is 0 Å². The van der Waals surface area contributed by atoms with Crippen molar-refractivity contribution in [2.45, 2.75) is 46.5 Å². The lowest BCUT2D eigenvalue weighted by molar-refractivity contribution is 0.152. The normalized spacial score (nSPS) is 17.1. The molecule has 0 aromatic carbocycles. The fraction of sp³-hybridized carbons (Fsp3) is 1.00. The summed E-state index contributed by atoms with van der Waals surface area (Å²) < 4.78 is 0. The Labute approximate surface area is 102 Å². The highest BCUT2D eigenvalue weighted by Crippen LogP contribution is 2.32. The number of hydrogen-bond acceptors (Lipinski definition) is 2. The maximum absolute atomic E-state index is 3.54. The van der Waals surface area contributed by atoms with E-state index in [1.165, 1.54) is 45.3 Å². The maximum atomic E-state index is 3.54. The molecule has 1 saturated carbocycles. The van der Waals surface area contributed by atoms with E-state index >= 15 is 0 Å². The Balaban J connectivity index is 2.39. The Hall–Kier alpha value is -0.0800. The minimum absolute atomic E-state index is 0.486. The topological polar surface area (TPSA) is 15.3 Å². The summed E-state index contributed by atoms with van der Waals surface area (Å²) in [5.74, 6) is 1.01. The van der Waals surface area contributed by atoms with Crippen LogP contribution in [0.1, 0.15) is 46.5 Å². The molecule has 1 fully saturated rings. The van der Waals surface area contributed by atoms with Crippen molar-refractivity contribution in [2.75, 3.05) is 33.2 Å². The second-order valence-corrected chi connectivity index (χ2v) is 5.63. The molecule has 0 aromatic heterocycles. The van der Waals surface area contributed by atoms with Gasteiger partial charge in [0, 0.05) is 19.6 Å². The summed E-state index contributed by atoms with van der Waals surface area (Å²) in [5, 5.41) is 3.54. The molecule has 1 rings (SSSR count). The quantitative estimate of drug-likeness (QED) is 0.650. The molecule has 0 unspecified atom stereocenters. The van der Waals surface area contributed by atoms with E-state index in [0.717, 1.165) is 12.5 Å². The van der Waals surface area contributed by atoms with Gasteiger partial charge in [0.15, 0.2) is 0 Å². The van der Waals surface area contributed by atoms with Gasteiger partial charge in [0.2, 0.25) is 0 Å². The Morgan fingerprint density at radius 1 is 1.19 bits per heavy atom. The first-order chi connectivity index (χ1) is 7.65. The lowest BCUT2D eigenvalue weighted by Gasteiger charge is -2.36. The van der Waals surface area contributed by atoms with E-state index in [1.807, 2.05) is 0 Å². The number of rotatable bonds is 9. The smallest absolute Gasteiger partial charge is 0.00470 e. The number of nitrogens with zero attached hydrogens (tertiary/aromatic N) is 1. The first-order valence-corrected chi connectivity index (χ1v) is 7.05. The van der Waals surface area contributed by atoms with E-state index in [0.29, 0.717) is 5.41 Å². The van der Waals surface area contributed by atoms with Crippen LogP contribution in [0.2, 0.25) is 0 Å². The third kappa shape index (κ3) is 4.42. The molecule has 1 aliphatic carbocycles. The molecule has 2 heteroatoms. The summed E-state index contributed by atoms with van der Waals surface area (Å²) in [6.45, 7) is 11.7. The molecule has 0 heterocycles. The summed E-state index contributed by atoms with van der Waals surface area (Å²) in [4.78, 5) is 2.56. The van der Waals surface area contributed by atoms with E-state index in [-0.39, 0.29) is 0 Å². The van der Waals surface area contributed by atoms with Crippen molar-refractivity contribution in [1.29, 1.82) is 0 Å². The van der Waals surface area contributed by atoms with Gasteiger partial charge in [-0.1, -0.05) is 20.8 Å². The van der Waals surface area contributed by atoms with Crippen LogP contribution in [-0.4, -0.2) is 38.1 Å². The van der Waals surface area contributed by atoms with Crippen molar-refractivity contribution >= 4 is 0 Å². The number of hydrogen-bond donors (Lipinski definition) is 1. The van der Waals surface area contributed by atoms with Crippen molar-refractivity contribution < 1.29 is 0 Å². The molecule has 0 amide bonds. The van der Waals surface area contributed by atoms with Crippen molar-refractivity contribution in [1.82, 2.24) is 10.2 Å². The molecule has 96 valence electrons. The molecule has 2 nitrogen and oxygen atoms in total. The van der Waals surface area contributed by atoms with Crippen LogP contribution >= 0.6 is 0 Å². The zero-order valence-corrected chi connectivity index (χ0v) is 11.7. The van der Waals surface area contributed by atoms with Gasteiger partial charge in [-0.3, -0.25) is 0 Å². The molecule has 0 atom stereocenters. The third-order valence-electron chi connectivity index (χ3n) is 4.12. The van der Waals surface area contributed by atoms with Gasteiger partial charge in [-0.05, 0) is 50.6 Å². The van der Waals surface area contributed by atoms with Crippen LogP contribution < -0.4 is 5.32 Å².